The van der Waals surface area contributed by atoms with Gasteiger partial charge in [0.15, 0.2) is 0 Å². The van der Waals surface area contributed by atoms with Gasteiger partial charge in [0.05, 0.1) is 23.6 Å². The first-order valence-corrected chi connectivity index (χ1v) is 15.3. The minimum absolute atomic E-state index is 0.157. The molecule has 1 N–H and O–H groups in total. The number of amides is 1. The largest absolute Gasteiger partial charge is 0.416 e. The lowest BCUT2D eigenvalue weighted by molar-refractivity contribution is -0.137. The SMILES string of the molecule is CC1CN(c2cncnc2)Cc2cc(C(=O)Nc3cc(CN4CCN(C5CCCCC5)CC4)cc(C(F)(F)F)c3)ccc21. The molecule has 2 fully saturated rings. The van der Waals surface area contributed by atoms with Gasteiger partial charge in [-0.3, -0.25) is 14.6 Å². The van der Waals surface area contributed by atoms with Crippen LogP contribution < -0.4 is 10.2 Å². The monoisotopic (exact) mass is 592 g/mol. The predicted molar refractivity (Wildman–Crippen MR) is 161 cm³/mol. The number of alkyl halides is 3. The van der Waals surface area contributed by atoms with Crippen molar-refractivity contribution in [2.75, 3.05) is 42.9 Å². The van der Waals surface area contributed by atoms with Crippen molar-refractivity contribution in [3.63, 3.8) is 0 Å². The van der Waals surface area contributed by atoms with Crippen LogP contribution in [0, 0.1) is 0 Å². The van der Waals surface area contributed by atoms with E-state index in [2.05, 4.69) is 36.9 Å². The Kier molecular flexibility index (Phi) is 8.68. The molecule has 2 aromatic carbocycles. The number of hydrogen-bond donors (Lipinski definition) is 1. The molecule has 1 atom stereocenters. The Balaban J connectivity index is 1.15. The summed E-state index contributed by atoms with van der Waals surface area (Å²) in [5.41, 5.74) is 3.45. The molecule has 3 heterocycles. The number of halogens is 3. The van der Waals surface area contributed by atoms with E-state index < -0.39 is 17.6 Å². The lowest BCUT2D eigenvalue weighted by Crippen LogP contribution is -2.50. The summed E-state index contributed by atoms with van der Waals surface area (Å²) in [6.45, 7) is 7.49. The van der Waals surface area contributed by atoms with Crippen LogP contribution >= 0.6 is 0 Å². The minimum atomic E-state index is -4.51. The Bertz CT molecular complexity index is 1420. The van der Waals surface area contributed by atoms with Crippen molar-refractivity contribution in [2.24, 2.45) is 0 Å². The third-order valence-corrected chi connectivity index (χ3v) is 9.19. The van der Waals surface area contributed by atoms with E-state index in [9.17, 15) is 18.0 Å². The molecule has 1 saturated heterocycles. The summed E-state index contributed by atoms with van der Waals surface area (Å²) in [6.07, 6.45) is 6.91. The maximum absolute atomic E-state index is 13.9. The van der Waals surface area contributed by atoms with Crippen LogP contribution in [-0.2, 0) is 19.3 Å². The molecule has 43 heavy (non-hydrogen) atoms. The van der Waals surface area contributed by atoms with Crippen LogP contribution in [0.1, 0.15) is 77.6 Å². The fourth-order valence-corrected chi connectivity index (χ4v) is 6.93. The van der Waals surface area contributed by atoms with Crippen LogP contribution in [-0.4, -0.2) is 64.4 Å². The standard InChI is InChI=1S/C33H39F3N6O/c1-23-19-42(30-17-37-22-38-18-30)21-26-15-25(7-8-31(23)26)32(43)39-28-14-24(13-27(16-28)33(34,35)36)20-40-9-11-41(12-10-40)29-5-3-2-4-6-29/h7-8,13-18,22-23,29H,2-6,9-12,19-21H2,1H3,(H,39,43). The number of aromatic nitrogens is 2. The van der Waals surface area contributed by atoms with Crippen molar-refractivity contribution in [1.82, 2.24) is 19.8 Å². The molecule has 1 aromatic heterocycles. The second-order valence-corrected chi connectivity index (χ2v) is 12.3. The summed E-state index contributed by atoms with van der Waals surface area (Å²) in [7, 11) is 0. The molecule has 3 aliphatic rings. The maximum atomic E-state index is 13.9. The van der Waals surface area contributed by atoms with Crippen molar-refractivity contribution >= 4 is 17.3 Å². The van der Waals surface area contributed by atoms with Crippen molar-refractivity contribution in [3.8, 4) is 0 Å². The molecule has 1 aliphatic carbocycles. The van der Waals surface area contributed by atoms with Gasteiger partial charge in [0, 0.05) is 63.1 Å². The van der Waals surface area contributed by atoms with Gasteiger partial charge in [-0.25, -0.2) is 9.97 Å². The Morgan fingerprint density at radius 3 is 2.44 bits per heavy atom. The zero-order valence-corrected chi connectivity index (χ0v) is 24.6. The number of fused-ring (bicyclic) bond motifs is 1. The first kappa shape index (κ1) is 29.6. The molecule has 6 rings (SSSR count). The fraction of sp³-hybridized carbons (Fsp3) is 0.485. The number of nitrogens with zero attached hydrogens (tertiary/aromatic N) is 5. The number of anilines is 2. The van der Waals surface area contributed by atoms with Crippen molar-refractivity contribution in [1.29, 1.82) is 0 Å². The van der Waals surface area contributed by atoms with Gasteiger partial charge in [0.25, 0.3) is 5.91 Å². The molecule has 0 radical (unpaired) electrons. The van der Waals surface area contributed by atoms with Crippen molar-refractivity contribution < 1.29 is 18.0 Å². The van der Waals surface area contributed by atoms with Crippen molar-refractivity contribution in [2.45, 2.75) is 70.3 Å². The molecule has 10 heteroatoms. The Labute approximate surface area is 251 Å². The van der Waals surface area contributed by atoms with Gasteiger partial charge in [-0.2, -0.15) is 13.2 Å². The maximum Gasteiger partial charge on any atom is 0.416 e. The van der Waals surface area contributed by atoms with Gasteiger partial charge >= 0.3 is 6.18 Å². The Morgan fingerprint density at radius 2 is 1.72 bits per heavy atom. The number of hydrogen-bond acceptors (Lipinski definition) is 6. The molecule has 228 valence electrons. The van der Waals surface area contributed by atoms with Crippen LogP contribution in [0.2, 0.25) is 0 Å². The van der Waals surface area contributed by atoms with Crippen LogP contribution in [0.25, 0.3) is 0 Å². The Morgan fingerprint density at radius 1 is 0.977 bits per heavy atom. The number of benzene rings is 2. The van der Waals surface area contributed by atoms with Crippen molar-refractivity contribution in [3.05, 3.63) is 82.9 Å². The summed E-state index contributed by atoms with van der Waals surface area (Å²) >= 11 is 0. The molecule has 1 saturated carbocycles. The highest BCUT2D eigenvalue weighted by Crippen LogP contribution is 2.34. The minimum Gasteiger partial charge on any atom is -0.364 e. The average Bonchev–Trinajstić information content (AvgIpc) is 3.01. The quantitative estimate of drug-likeness (QED) is 0.362. The number of rotatable bonds is 6. The van der Waals surface area contributed by atoms with E-state index in [4.69, 9.17) is 0 Å². The zero-order chi connectivity index (χ0) is 30.0. The number of carbonyl (C=O) groups excluding carboxylic acids is 1. The van der Waals surface area contributed by atoms with Crippen LogP contribution in [0.3, 0.4) is 0 Å². The van der Waals surface area contributed by atoms with Gasteiger partial charge in [-0.05, 0) is 65.8 Å². The number of piperazine rings is 1. The lowest BCUT2D eigenvalue weighted by atomic mass is 9.89. The summed E-state index contributed by atoms with van der Waals surface area (Å²) in [5, 5.41) is 2.76. The van der Waals surface area contributed by atoms with Gasteiger partial charge in [0.1, 0.15) is 6.33 Å². The van der Waals surface area contributed by atoms with Crippen LogP contribution in [0.4, 0.5) is 24.5 Å². The second-order valence-electron chi connectivity index (χ2n) is 12.3. The average molecular weight is 593 g/mol. The molecular formula is C33H39F3N6O. The topological polar surface area (TPSA) is 64.6 Å². The highest BCUT2D eigenvalue weighted by molar-refractivity contribution is 6.04. The second kappa shape index (κ2) is 12.6. The molecule has 1 unspecified atom stereocenters. The van der Waals surface area contributed by atoms with E-state index in [0.717, 1.165) is 55.6 Å². The van der Waals surface area contributed by atoms with Gasteiger partial charge in [-0.15, -0.1) is 0 Å². The summed E-state index contributed by atoms with van der Waals surface area (Å²) in [6, 6.07) is 10.1. The van der Waals surface area contributed by atoms with Crippen LogP contribution in [0.15, 0.2) is 55.1 Å². The first-order valence-electron chi connectivity index (χ1n) is 15.3. The molecule has 2 aliphatic heterocycles. The number of carbonyl (C=O) groups is 1. The normalized spacial score (nSPS) is 20.6. The fourth-order valence-electron chi connectivity index (χ4n) is 6.93. The first-order chi connectivity index (χ1) is 20.7. The smallest absolute Gasteiger partial charge is 0.364 e. The van der Waals surface area contributed by atoms with E-state index in [1.54, 1.807) is 24.5 Å². The molecule has 7 nitrogen and oxygen atoms in total. The predicted octanol–water partition coefficient (Wildman–Crippen LogP) is 6.32. The number of nitrogens with one attached hydrogen (secondary N) is 1. The van der Waals surface area contributed by atoms with Gasteiger partial charge in [0.2, 0.25) is 0 Å². The van der Waals surface area contributed by atoms with E-state index in [-0.39, 0.29) is 11.6 Å². The molecule has 3 aromatic rings. The molecule has 0 spiro atoms. The Hall–Kier alpha value is -3.50. The van der Waals surface area contributed by atoms with Gasteiger partial charge in [-0.1, -0.05) is 32.3 Å². The van der Waals surface area contributed by atoms with E-state index in [1.165, 1.54) is 44.5 Å². The summed E-state index contributed by atoms with van der Waals surface area (Å²) in [5.74, 6) is -0.196. The highest BCUT2D eigenvalue weighted by Gasteiger charge is 2.32. The lowest BCUT2D eigenvalue weighted by Gasteiger charge is -2.40. The highest BCUT2D eigenvalue weighted by atomic mass is 19.4. The van der Waals surface area contributed by atoms with Gasteiger partial charge < -0.3 is 10.2 Å². The van der Waals surface area contributed by atoms with E-state index in [1.807, 2.05) is 12.1 Å². The summed E-state index contributed by atoms with van der Waals surface area (Å²) < 4.78 is 41.7. The third-order valence-electron chi connectivity index (χ3n) is 9.19. The third kappa shape index (κ3) is 7.02. The van der Waals surface area contributed by atoms with Crippen LogP contribution in [0.5, 0.6) is 0 Å². The molecule has 0 bridgehead atoms. The van der Waals surface area contributed by atoms with E-state index >= 15 is 0 Å². The summed E-state index contributed by atoms with van der Waals surface area (Å²) in [4.78, 5) is 28.5. The van der Waals surface area contributed by atoms with E-state index in [0.29, 0.717) is 30.3 Å². The molecule has 1 amide bonds. The molecular weight excluding hydrogens is 553 g/mol. The zero-order valence-electron chi connectivity index (χ0n) is 24.6.